The molecule has 5 heteroatoms. The molecule has 0 fully saturated rings. The van der Waals surface area contributed by atoms with E-state index in [4.69, 9.17) is 15.0 Å². The van der Waals surface area contributed by atoms with Gasteiger partial charge in [-0.15, -0.1) is 11.3 Å². The van der Waals surface area contributed by atoms with E-state index in [0.717, 1.165) is 22.2 Å². The van der Waals surface area contributed by atoms with Gasteiger partial charge in [-0.3, -0.25) is 4.57 Å². The third-order valence-corrected chi connectivity index (χ3v) is 9.31. The monoisotopic (exact) mass is 554 g/mol. The molecule has 0 radical (unpaired) electrons. The van der Waals surface area contributed by atoms with Gasteiger partial charge in [-0.2, -0.15) is 9.97 Å². The molecule has 0 aliphatic carbocycles. The van der Waals surface area contributed by atoms with Crippen LogP contribution in [0.1, 0.15) is 0 Å². The summed E-state index contributed by atoms with van der Waals surface area (Å²) in [5.41, 5.74) is 4.12. The first-order valence-electron chi connectivity index (χ1n) is 14.0. The SMILES string of the molecule is c1ccc(-c2nc(-c3ccccc3)nc(-n3c4ccccc4c4ccc5c6ccc7ccccc7c6sc5c43)n2)cc1. The van der Waals surface area contributed by atoms with Crippen molar-refractivity contribution in [2.45, 2.75) is 0 Å². The highest BCUT2D eigenvalue weighted by molar-refractivity contribution is 7.27. The van der Waals surface area contributed by atoms with Crippen molar-refractivity contribution in [3.63, 3.8) is 0 Å². The number of rotatable bonds is 3. The van der Waals surface area contributed by atoms with Crippen LogP contribution in [0.2, 0.25) is 0 Å². The number of aromatic nitrogens is 4. The molecule has 0 aliphatic rings. The number of hydrogen-bond acceptors (Lipinski definition) is 4. The van der Waals surface area contributed by atoms with Gasteiger partial charge >= 0.3 is 0 Å². The fourth-order valence-electron chi connectivity index (χ4n) is 6.11. The molecule has 0 spiro atoms. The fraction of sp³-hybridized carbons (Fsp3) is 0. The van der Waals surface area contributed by atoms with E-state index in [9.17, 15) is 0 Å². The van der Waals surface area contributed by atoms with Crippen LogP contribution in [-0.4, -0.2) is 19.5 Å². The molecule has 0 saturated heterocycles. The minimum atomic E-state index is 0.615. The van der Waals surface area contributed by atoms with E-state index in [1.54, 1.807) is 0 Å². The Morgan fingerprint density at radius 1 is 0.429 bits per heavy atom. The predicted octanol–water partition coefficient (Wildman–Crippen LogP) is 9.82. The van der Waals surface area contributed by atoms with E-state index in [2.05, 4.69) is 102 Å². The summed E-state index contributed by atoms with van der Waals surface area (Å²) in [7, 11) is 0. The second-order valence-corrected chi connectivity index (χ2v) is 11.5. The first-order chi connectivity index (χ1) is 20.8. The lowest BCUT2D eigenvalue weighted by Crippen LogP contribution is -2.06. The third-order valence-electron chi connectivity index (χ3n) is 8.05. The van der Waals surface area contributed by atoms with Crippen LogP contribution < -0.4 is 0 Å². The first-order valence-corrected chi connectivity index (χ1v) is 14.8. The summed E-state index contributed by atoms with van der Waals surface area (Å²) in [5, 5.41) is 7.43. The lowest BCUT2D eigenvalue weighted by Gasteiger charge is -2.11. The van der Waals surface area contributed by atoms with Gasteiger partial charge in [-0.1, -0.05) is 127 Å². The highest BCUT2D eigenvalue weighted by Gasteiger charge is 2.21. The number of hydrogen-bond donors (Lipinski definition) is 0. The molecule has 0 aliphatic heterocycles. The molecule has 9 rings (SSSR count). The Morgan fingerprint density at radius 2 is 1.00 bits per heavy atom. The van der Waals surface area contributed by atoms with Gasteiger partial charge in [0.1, 0.15) is 0 Å². The maximum atomic E-state index is 5.13. The molecule has 0 bridgehead atoms. The van der Waals surface area contributed by atoms with E-state index in [-0.39, 0.29) is 0 Å². The normalized spacial score (nSPS) is 11.8. The topological polar surface area (TPSA) is 43.6 Å². The molecule has 42 heavy (non-hydrogen) atoms. The molecule has 0 saturated carbocycles. The number of thiophene rings is 1. The van der Waals surface area contributed by atoms with Crippen LogP contribution in [0.25, 0.3) is 81.5 Å². The van der Waals surface area contributed by atoms with Crippen LogP contribution in [0.4, 0.5) is 0 Å². The minimum Gasteiger partial charge on any atom is -0.276 e. The second kappa shape index (κ2) is 9.06. The zero-order valence-corrected chi connectivity index (χ0v) is 23.2. The molecular formula is C37H22N4S. The summed E-state index contributed by atoms with van der Waals surface area (Å²) < 4.78 is 4.78. The van der Waals surface area contributed by atoms with Crippen LogP contribution in [0, 0.1) is 0 Å². The van der Waals surface area contributed by atoms with Crippen LogP contribution in [0.5, 0.6) is 0 Å². The standard InChI is InChI=1S/C37H22N4S/c1-3-12-24(13-4-1)35-38-36(25-14-5-2-6-15-25)40-37(39-35)41-31-18-10-9-17-27(31)28-21-22-30-29-20-19-23-11-7-8-16-26(23)33(29)42-34(30)32(28)41/h1-22H. The molecule has 3 heterocycles. The fourth-order valence-corrected chi connectivity index (χ4v) is 7.49. The Bertz CT molecular complexity index is 2400. The summed E-state index contributed by atoms with van der Waals surface area (Å²) in [6.45, 7) is 0. The van der Waals surface area contributed by atoms with Crippen molar-refractivity contribution in [3.8, 4) is 28.7 Å². The van der Waals surface area contributed by atoms with Crippen molar-refractivity contribution < 1.29 is 0 Å². The average Bonchev–Trinajstić information content (AvgIpc) is 3.62. The summed E-state index contributed by atoms with van der Waals surface area (Å²) in [6, 6.07) is 46.5. The largest absolute Gasteiger partial charge is 0.276 e. The first kappa shape index (κ1) is 23.3. The van der Waals surface area contributed by atoms with E-state index < -0.39 is 0 Å². The highest BCUT2D eigenvalue weighted by atomic mass is 32.1. The van der Waals surface area contributed by atoms with Gasteiger partial charge in [0, 0.05) is 37.4 Å². The number of benzene rings is 6. The van der Waals surface area contributed by atoms with Crippen LogP contribution in [0.15, 0.2) is 133 Å². The Morgan fingerprint density at radius 3 is 1.74 bits per heavy atom. The molecule has 196 valence electrons. The van der Waals surface area contributed by atoms with Crippen LogP contribution in [-0.2, 0) is 0 Å². The van der Waals surface area contributed by atoms with Gasteiger partial charge < -0.3 is 0 Å². The van der Waals surface area contributed by atoms with E-state index in [0.29, 0.717) is 17.6 Å². The zero-order valence-electron chi connectivity index (χ0n) is 22.4. The number of nitrogens with zero attached hydrogens (tertiary/aromatic N) is 4. The van der Waals surface area contributed by atoms with Crippen molar-refractivity contribution in [1.29, 1.82) is 0 Å². The van der Waals surface area contributed by atoms with Crippen LogP contribution >= 0.6 is 11.3 Å². The second-order valence-electron chi connectivity index (χ2n) is 10.5. The molecule has 6 aromatic carbocycles. The van der Waals surface area contributed by atoms with Crippen molar-refractivity contribution >= 4 is 64.1 Å². The molecule has 9 aromatic rings. The van der Waals surface area contributed by atoms with E-state index in [1.165, 1.54) is 41.7 Å². The summed E-state index contributed by atoms with van der Waals surface area (Å²) >= 11 is 1.85. The van der Waals surface area contributed by atoms with Crippen molar-refractivity contribution in [2.75, 3.05) is 0 Å². The smallest absolute Gasteiger partial charge is 0.238 e. The van der Waals surface area contributed by atoms with Crippen molar-refractivity contribution in [3.05, 3.63) is 133 Å². The van der Waals surface area contributed by atoms with Gasteiger partial charge in [0.15, 0.2) is 11.6 Å². The molecule has 3 aromatic heterocycles. The van der Waals surface area contributed by atoms with E-state index in [1.807, 2.05) is 47.7 Å². The van der Waals surface area contributed by atoms with Gasteiger partial charge in [0.2, 0.25) is 5.95 Å². The number of fused-ring (bicyclic) bond motifs is 9. The third kappa shape index (κ3) is 3.44. The van der Waals surface area contributed by atoms with Crippen molar-refractivity contribution in [1.82, 2.24) is 19.5 Å². The molecule has 4 nitrogen and oxygen atoms in total. The average molecular weight is 555 g/mol. The Labute approximate surface area is 245 Å². The number of para-hydroxylation sites is 1. The lowest BCUT2D eigenvalue weighted by atomic mass is 10.1. The molecule has 0 N–H and O–H groups in total. The van der Waals surface area contributed by atoms with Gasteiger partial charge in [-0.25, -0.2) is 4.98 Å². The Balaban J connectivity index is 1.44. The quantitative estimate of drug-likeness (QED) is 0.218. The van der Waals surface area contributed by atoms with Crippen molar-refractivity contribution in [2.24, 2.45) is 0 Å². The van der Waals surface area contributed by atoms with Gasteiger partial charge in [0.05, 0.1) is 15.7 Å². The molecular weight excluding hydrogens is 533 g/mol. The summed E-state index contributed by atoms with van der Waals surface area (Å²) in [5.74, 6) is 1.92. The van der Waals surface area contributed by atoms with Gasteiger partial charge in [0.25, 0.3) is 0 Å². The Kier molecular flexibility index (Phi) is 5.03. The Hall–Kier alpha value is -5.39. The molecule has 0 atom stereocenters. The minimum absolute atomic E-state index is 0.615. The molecule has 0 unspecified atom stereocenters. The summed E-state index contributed by atoms with van der Waals surface area (Å²) in [4.78, 5) is 15.2. The maximum Gasteiger partial charge on any atom is 0.238 e. The summed E-state index contributed by atoms with van der Waals surface area (Å²) in [6.07, 6.45) is 0. The molecule has 0 amide bonds. The van der Waals surface area contributed by atoms with Crippen LogP contribution in [0.3, 0.4) is 0 Å². The lowest BCUT2D eigenvalue weighted by molar-refractivity contribution is 0.955. The van der Waals surface area contributed by atoms with E-state index >= 15 is 0 Å². The predicted molar refractivity (Wildman–Crippen MR) is 175 cm³/mol. The van der Waals surface area contributed by atoms with Gasteiger partial charge in [-0.05, 0) is 16.8 Å². The zero-order chi connectivity index (χ0) is 27.6. The maximum absolute atomic E-state index is 5.13. The highest BCUT2D eigenvalue weighted by Crippen LogP contribution is 2.44.